The first-order valence-electron chi connectivity index (χ1n) is 5.18. The van der Waals surface area contributed by atoms with Crippen molar-refractivity contribution in [2.75, 3.05) is 11.4 Å². The van der Waals surface area contributed by atoms with Gasteiger partial charge in [-0.05, 0) is 24.3 Å². The summed E-state index contributed by atoms with van der Waals surface area (Å²) in [4.78, 5) is 24.1. The number of urea groups is 1. The fourth-order valence-corrected chi connectivity index (χ4v) is 2.00. The number of hydrogen-bond donors (Lipinski definition) is 2. The van der Waals surface area contributed by atoms with Crippen LogP contribution in [0.15, 0.2) is 24.3 Å². The van der Waals surface area contributed by atoms with Crippen LogP contribution in [0.4, 0.5) is 10.5 Å². The minimum absolute atomic E-state index is 0.0360. The monoisotopic (exact) mass is 253 g/mol. The van der Waals surface area contributed by atoms with Gasteiger partial charge in [0.25, 0.3) is 0 Å². The van der Waals surface area contributed by atoms with Crippen molar-refractivity contribution in [3.63, 3.8) is 0 Å². The van der Waals surface area contributed by atoms with E-state index in [2.05, 4.69) is 5.32 Å². The molecule has 0 bridgehead atoms. The number of nitrogens with two attached hydrogens (primary N) is 1. The maximum atomic E-state index is 11.8. The van der Waals surface area contributed by atoms with Gasteiger partial charge in [-0.15, -0.1) is 0 Å². The van der Waals surface area contributed by atoms with Crippen molar-refractivity contribution in [1.82, 2.24) is 5.32 Å². The summed E-state index contributed by atoms with van der Waals surface area (Å²) < 4.78 is 0. The van der Waals surface area contributed by atoms with Crippen LogP contribution in [0.5, 0.6) is 0 Å². The standard InChI is InChI=1S/C11H12ClN3O2/c12-7-1-3-9(4-2-7)15-6-8(5-10(15)16)14-11(13)17/h1-4,8H,5-6H2,(H3,13,14,17)/t8-/m0/s1. The van der Waals surface area contributed by atoms with Crippen LogP contribution in [0.2, 0.25) is 5.02 Å². The summed E-state index contributed by atoms with van der Waals surface area (Å²) in [6, 6.07) is 6.15. The van der Waals surface area contributed by atoms with E-state index in [9.17, 15) is 9.59 Å². The largest absolute Gasteiger partial charge is 0.352 e. The predicted molar refractivity (Wildman–Crippen MR) is 64.9 cm³/mol. The van der Waals surface area contributed by atoms with E-state index in [1.165, 1.54) is 0 Å². The minimum atomic E-state index is -0.610. The van der Waals surface area contributed by atoms with Crippen molar-refractivity contribution in [2.24, 2.45) is 5.73 Å². The van der Waals surface area contributed by atoms with Crippen LogP contribution in [0, 0.1) is 0 Å². The second-order valence-corrected chi connectivity index (χ2v) is 4.33. The highest BCUT2D eigenvalue weighted by molar-refractivity contribution is 6.30. The molecule has 3 N–H and O–H groups in total. The Labute approximate surface area is 104 Å². The van der Waals surface area contributed by atoms with Gasteiger partial charge in [0.05, 0.1) is 6.04 Å². The Morgan fingerprint density at radius 1 is 1.41 bits per heavy atom. The lowest BCUT2D eigenvalue weighted by Crippen LogP contribution is -2.40. The van der Waals surface area contributed by atoms with E-state index in [1.807, 2.05) is 0 Å². The predicted octanol–water partition coefficient (Wildman–Crippen LogP) is 1.11. The number of amides is 3. The molecule has 0 unspecified atom stereocenters. The molecule has 2 rings (SSSR count). The zero-order valence-corrected chi connectivity index (χ0v) is 9.78. The average molecular weight is 254 g/mol. The van der Waals surface area contributed by atoms with Gasteiger partial charge in [0.15, 0.2) is 0 Å². The Kier molecular flexibility index (Phi) is 3.19. The van der Waals surface area contributed by atoms with Crippen LogP contribution in [0.3, 0.4) is 0 Å². The first-order valence-corrected chi connectivity index (χ1v) is 5.56. The van der Waals surface area contributed by atoms with E-state index in [4.69, 9.17) is 17.3 Å². The minimum Gasteiger partial charge on any atom is -0.352 e. The molecule has 1 atom stereocenters. The molecule has 1 heterocycles. The molecule has 6 heteroatoms. The van der Waals surface area contributed by atoms with Crippen LogP contribution < -0.4 is 16.0 Å². The average Bonchev–Trinajstić information content (AvgIpc) is 2.59. The molecular formula is C11H12ClN3O2. The van der Waals surface area contributed by atoms with Crippen LogP contribution >= 0.6 is 11.6 Å². The number of nitrogens with zero attached hydrogens (tertiary/aromatic N) is 1. The molecule has 5 nitrogen and oxygen atoms in total. The quantitative estimate of drug-likeness (QED) is 0.829. The van der Waals surface area contributed by atoms with E-state index >= 15 is 0 Å². The van der Waals surface area contributed by atoms with Crippen molar-refractivity contribution in [1.29, 1.82) is 0 Å². The first kappa shape index (κ1) is 11.7. The molecule has 1 fully saturated rings. The summed E-state index contributed by atoms with van der Waals surface area (Å²) in [6.45, 7) is 0.434. The Bertz CT molecular complexity index is 447. The number of benzene rings is 1. The molecule has 3 amide bonds. The maximum absolute atomic E-state index is 11.8. The normalized spacial score (nSPS) is 19.5. The van der Waals surface area contributed by atoms with E-state index < -0.39 is 6.03 Å². The number of halogens is 1. The van der Waals surface area contributed by atoms with Crippen molar-refractivity contribution in [3.8, 4) is 0 Å². The van der Waals surface area contributed by atoms with E-state index in [0.29, 0.717) is 11.6 Å². The molecule has 1 saturated heterocycles. The number of rotatable bonds is 2. The summed E-state index contributed by atoms with van der Waals surface area (Å²) in [7, 11) is 0. The van der Waals surface area contributed by atoms with Crippen molar-refractivity contribution in [3.05, 3.63) is 29.3 Å². The number of primary amides is 1. The molecular weight excluding hydrogens is 242 g/mol. The third-order valence-electron chi connectivity index (χ3n) is 2.61. The van der Waals surface area contributed by atoms with Crippen molar-refractivity contribution in [2.45, 2.75) is 12.5 Å². The van der Waals surface area contributed by atoms with Crippen LogP contribution in [0.1, 0.15) is 6.42 Å². The molecule has 0 spiro atoms. The van der Waals surface area contributed by atoms with Gasteiger partial charge in [-0.1, -0.05) is 11.6 Å². The number of hydrogen-bond acceptors (Lipinski definition) is 2. The van der Waals surface area contributed by atoms with E-state index in [1.54, 1.807) is 29.2 Å². The smallest absolute Gasteiger partial charge is 0.312 e. The van der Waals surface area contributed by atoms with Gasteiger partial charge in [-0.3, -0.25) is 4.79 Å². The molecule has 0 aromatic heterocycles. The lowest BCUT2D eigenvalue weighted by atomic mass is 10.3. The van der Waals surface area contributed by atoms with Crippen LogP contribution in [0.25, 0.3) is 0 Å². The summed E-state index contributed by atoms with van der Waals surface area (Å²) in [5.74, 6) is -0.0360. The number of nitrogens with one attached hydrogen (secondary N) is 1. The van der Waals surface area contributed by atoms with Gasteiger partial charge in [-0.2, -0.15) is 0 Å². The van der Waals surface area contributed by atoms with Gasteiger partial charge >= 0.3 is 6.03 Å². The molecule has 1 aliphatic rings. The molecule has 0 radical (unpaired) electrons. The molecule has 1 aromatic rings. The van der Waals surface area contributed by atoms with Crippen LogP contribution in [-0.4, -0.2) is 24.5 Å². The van der Waals surface area contributed by atoms with Crippen LogP contribution in [-0.2, 0) is 4.79 Å². The molecule has 0 aliphatic carbocycles. The molecule has 17 heavy (non-hydrogen) atoms. The van der Waals surface area contributed by atoms with Gasteiger partial charge in [-0.25, -0.2) is 4.79 Å². The lowest BCUT2D eigenvalue weighted by molar-refractivity contribution is -0.117. The second-order valence-electron chi connectivity index (χ2n) is 3.89. The maximum Gasteiger partial charge on any atom is 0.312 e. The lowest BCUT2D eigenvalue weighted by Gasteiger charge is -2.16. The Morgan fingerprint density at radius 3 is 2.65 bits per heavy atom. The van der Waals surface area contributed by atoms with Crippen molar-refractivity contribution < 1.29 is 9.59 Å². The first-order chi connectivity index (χ1) is 8.06. The van der Waals surface area contributed by atoms with E-state index in [-0.39, 0.29) is 18.4 Å². The number of carbonyl (C=O) groups is 2. The Balaban J connectivity index is 2.10. The van der Waals surface area contributed by atoms with Gasteiger partial charge < -0.3 is 16.0 Å². The zero-order valence-electron chi connectivity index (χ0n) is 9.02. The van der Waals surface area contributed by atoms with Crippen molar-refractivity contribution >= 4 is 29.2 Å². The highest BCUT2D eigenvalue weighted by Crippen LogP contribution is 2.23. The second kappa shape index (κ2) is 4.63. The molecule has 1 aromatic carbocycles. The molecule has 90 valence electrons. The van der Waals surface area contributed by atoms with Gasteiger partial charge in [0, 0.05) is 23.7 Å². The summed E-state index contributed by atoms with van der Waals surface area (Å²) in [6.07, 6.45) is 0.269. The van der Waals surface area contributed by atoms with E-state index in [0.717, 1.165) is 5.69 Å². The fraction of sp³-hybridized carbons (Fsp3) is 0.273. The molecule has 1 aliphatic heterocycles. The Hall–Kier alpha value is -1.75. The van der Waals surface area contributed by atoms with Gasteiger partial charge in [0.1, 0.15) is 0 Å². The highest BCUT2D eigenvalue weighted by Gasteiger charge is 2.31. The topological polar surface area (TPSA) is 75.4 Å². The summed E-state index contributed by atoms with van der Waals surface area (Å²) >= 11 is 5.78. The SMILES string of the molecule is NC(=O)N[C@H]1CC(=O)N(c2ccc(Cl)cc2)C1. The fourth-order valence-electron chi connectivity index (χ4n) is 1.88. The Morgan fingerprint density at radius 2 is 2.06 bits per heavy atom. The summed E-state index contributed by atoms with van der Waals surface area (Å²) in [5.41, 5.74) is 5.80. The third kappa shape index (κ3) is 2.68. The molecule has 0 saturated carbocycles. The summed E-state index contributed by atoms with van der Waals surface area (Å²) in [5, 5.41) is 3.15. The van der Waals surface area contributed by atoms with Gasteiger partial charge in [0.2, 0.25) is 5.91 Å². The zero-order chi connectivity index (χ0) is 12.4. The number of anilines is 1. The highest BCUT2D eigenvalue weighted by atomic mass is 35.5. The third-order valence-corrected chi connectivity index (χ3v) is 2.86. The number of carbonyl (C=O) groups excluding carboxylic acids is 2.